The Balaban J connectivity index is 1.33. The summed E-state index contributed by atoms with van der Waals surface area (Å²) in [7, 11) is 0. The Morgan fingerprint density at radius 3 is 2.09 bits per heavy atom. The Morgan fingerprint density at radius 1 is 0.711 bits per heavy atom. The van der Waals surface area contributed by atoms with Gasteiger partial charge in [-0.3, -0.25) is 14.4 Å². The number of thioether (sulfide) groups is 1. The highest BCUT2D eigenvalue weighted by Gasteiger charge is 2.23. The molecule has 1 atom stereocenters. The molecule has 0 fully saturated rings. The van der Waals surface area contributed by atoms with Crippen LogP contribution in [0.2, 0.25) is 5.02 Å². The highest BCUT2D eigenvalue weighted by molar-refractivity contribution is 9.10. The number of hydrogen-bond donors (Lipinski definition) is 3. The Kier molecular flexibility index (Phi) is 10.9. The zero-order chi connectivity index (χ0) is 31.6. The summed E-state index contributed by atoms with van der Waals surface area (Å²) in [4.78, 5) is 40.6. The Hall–Kier alpha value is -4.63. The van der Waals surface area contributed by atoms with Crippen molar-refractivity contribution in [2.75, 3.05) is 10.6 Å². The van der Waals surface area contributed by atoms with Crippen LogP contribution in [0.15, 0.2) is 149 Å². The molecule has 0 saturated heterocycles. The largest absolute Gasteiger partial charge is 0.325 e. The molecule has 0 aromatic heterocycles. The number of amides is 3. The fourth-order valence-corrected chi connectivity index (χ4v) is 5.96. The average Bonchev–Trinajstić information content (AvgIpc) is 3.05. The Morgan fingerprint density at radius 2 is 1.40 bits per heavy atom. The number of carbonyl (C=O) groups excluding carboxylic acids is 3. The molecule has 224 valence electrons. The van der Waals surface area contributed by atoms with Gasteiger partial charge in [0.25, 0.3) is 11.8 Å². The van der Waals surface area contributed by atoms with E-state index < -0.39 is 17.1 Å². The monoisotopic (exact) mass is 695 g/mol. The molecule has 5 aromatic carbocycles. The van der Waals surface area contributed by atoms with E-state index in [1.165, 1.54) is 11.8 Å². The van der Waals surface area contributed by atoms with Gasteiger partial charge in [-0.1, -0.05) is 94.3 Å². The first-order valence-electron chi connectivity index (χ1n) is 13.9. The zero-order valence-electron chi connectivity index (χ0n) is 23.7. The molecule has 0 aliphatic carbocycles. The fraction of sp³-hybridized carbons (Fsp3) is 0.0278. The summed E-state index contributed by atoms with van der Waals surface area (Å²) in [6.07, 6.45) is 1.62. The summed E-state index contributed by atoms with van der Waals surface area (Å²) in [6.45, 7) is 0. The van der Waals surface area contributed by atoms with Gasteiger partial charge < -0.3 is 16.0 Å². The molecule has 0 radical (unpaired) electrons. The van der Waals surface area contributed by atoms with Crippen molar-refractivity contribution in [3.05, 3.63) is 165 Å². The van der Waals surface area contributed by atoms with Crippen LogP contribution in [0.3, 0.4) is 0 Å². The minimum Gasteiger partial charge on any atom is -0.325 e. The first-order valence-corrected chi connectivity index (χ1v) is 15.9. The molecule has 45 heavy (non-hydrogen) atoms. The second kappa shape index (κ2) is 15.4. The molecule has 0 aliphatic rings. The average molecular weight is 697 g/mol. The third kappa shape index (κ3) is 9.18. The van der Waals surface area contributed by atoms with Crippen LogP contribution in [0, 0.1) is 0 Å². The number of halogens is 2. The van der Waals surface area contributed by atoms with Gasteiger partial charge in [0.15, 0.2) is 0 Å². The highest BCUT2D eigenvalue weighted by atomic mass is 79.9. The van der Waals surface area contributed by atoms with E-state index in [1.54, 1.807) is 66.7 Å². The van der Waals surface area contributed by atoms with Crippen LogP contribution in [-0.4, -0.2) is 17.7 Å². The second-order valence-electron chi connectivity index (χ2n) is 9.82. The standard InChI is InChI=1S/C36H27BrClN3O3S/c37-27-14-7-9-24(21-27)22-32(41-34(42)26-12-5-2-6-13-26)35(43)39-29-17-19-31(20-18-29)45-33(25-10-3-1-4-11-25)36(44)40-30-16-8-15-28(38)23-30/h1-23,33H,(H,39,43)(H,40,44)(H,41,42)/b32-22-. The van der Waals surface area contributed by atoms with Crippen LogP contribution in [-0.2, 0) is 9.59 Å². The number of benzene rings is 5. The van der Waals surface area contributed by atoms with Crippen LogP contribution in [0.4, 0.5) is 11.4 Å². The number of hydrogen-bond acceptors (Lipinski definition) is 4. The van der Waals surface area contributed by atoms with E-state index >= 15 is 0 Å². The zero-order valence-corrected chi connectivity index (χ0v) is 26.9. The van der Waals surface area contributed by atoms with Crippen LogP contribution in [0.1, 0.15) is 26.7 Å². The normalized spacial score (nSPS) is 11.7. The van der Waals surface area contributed by atoms with Crippen LogP contribution >= 0.6 is 39.3 Å². The molecule has 0 spiro atoms. The van der Waals surface area contributed by atoms with Gasteiger partial charge in [-0.15, -0.1) is 11.8 Å². The van der Waals surface area contributed by atoms with Gasteiger partial charge in [0.2, 0.25) is 5.91 Å². The van der Waals surface area contributed by atoms with Crippen molar-refractivity contribution in [1.29, 1.82) is 0 Å². The number of anilines is 2. The lowest BCUT2D eigenvalue weighted by atomic mass is 10.1. The van der Waals surface area contributed by atoms with Crippen molar-refractivity contribution in [1.82, 2.24) is 5.32 Å². The van der Waals surface area contributed by atoms with Gasteiger partial charge in [-0.05, 0) is 83.9 Å². The molecule has 9 heteroatoms. The first-order chi connectivity index (χ1) is 21.8. The summed E-state index contributed by atoms with van der Waals surface area (Å²) in [6, 6.07) is 39.8. The molecule has 0 aliphatic heterocycles. The summed E-state index contributed by atoms with van der Waals surface area (Å²) >= 11 is 10.9. The molecule has 6 nitrogen and oxygen atoms in total. The van der Waals surface area contributed by atoms with E-state index in [1.807, 2.05) is 72.8 Å². The maximum absolute atomic E-state index is 13.4. The molecule has 3 amide bonds. The lowest BCUT2D eigenvalue weighted by Crippen LogP contribution is -2.30. The summed E-state index contributed by atoms with van der Waals surface area (Å²) in [5.74, 6) is -1.08. The molecule has 0 saturated carbocycles. The van der Waals surface area contributed by atoms with Gasteiger partial charge in [0.1, 0.15) is 10.9 Å². The van der Waals surface area contributed by atoms with Crippen molar-refractivity contribution in [2.24, 2.45) is 0 Å². The van der Waals surface area contributed by atoms with E-state index in [0.29, 0.717) is 22.0 Å². The Labute approximate surface area is 279 Å². The molecular formula is C36H27BrClN3O3S. The van der Waals surface area contributed by atoms with Crippen LogP contribution in [0.5, 0.6) is 0 Å². The van der Waals surface area contributed by atoms with Gasteiger partial charge >= 0.3 is 0 Å². The molecule has 5 rings (SSSR count). The second-order valence-corrected chi connectivity index (χ2v) is 12.4. The molecule has 1 unspecified atom stereocenters. The summed E-state index contributed by atoms with van der Waals surface area (Å²) in [5, 5.41) is 8.57. The van der Waals surface area contributed by atoms with E-state index in [4.69, 9.17) is 11.6 Å². The molecule has 5 aromatic rings. The number of nitrogens with one attached hydrogen (secondary N) is 3. The van der Waals surface area contributed by atoms with Crippen molar-refractivity contribution in [3.8, 4) is 0 Å². The maximum atomic E-state index is 13.4. The molecule has 3 N–H and O–H groups in total. The van der Waals surface area contributed by atoms with Crippen molar-refractivity contribution in [3.63, 3.8) is 0 Å². The first kappa shape index (κ1) is 31.8. The highest BCUT2D eigenvalue weighted by Crippen LogP contribution is 2.37. The summed E-state index contributed by atoms with van der Waals surface area (Å²) < 4.78 is 0.841. The van der Waals surface area contributed by atoms with Crippen molar-refractivity contribution < 1.29 is 14.4 Å². The molecule has 0 bridgehead atoms. The van der Waals surface area contributed by atoms with Crippen LogP contribution in [0.25, 0.3) is 6.08 Å². The van der Waals surface area contributed by atoms with Crippen molar-refractivity contribution in [2.45, 2.75) is 10.1 Å². The minimum absolute atomic E-state index is 0.0854. The summed E-state index contributed by atoms with van der Waals surface area (Å²) in [5.41, 5.74) is 3.23. The predicted octanol–water partition coefficient (Wildman–Crippen LogP) is 8.98. The van der Waals surface area contributed by atoms with E-state index in [-0.39, 0.29) is 11.6 Å². The van der Waals surface area contributed by atoms with Gasteiger partial charge in [-0.2, -0.15) is 0 Å². The lowest BCUT2D eigenvalue weighted by molar-refractivity contribution is -0.116. The van der Waals surface area contributed by atoms with Gasteiger partial charge in [0, 0.05) is 31.3 Å². The Bertz CT molecular complexity index is 1830. The fourth-order valence-electron chi connectivity index (χ4n) is 4.33. The van der Waals surface area contributed by atoms with Crippen LogP contribution < -0.4 is 16.0 Å². The van der Waals surface area contributed by atoms with Gasteiger partial charge in [-0.25, -0.2) is 0 Å². The minimum atomic E-state index is -0.543. The molecule has 0 heterocycles. The lowest BCUT2D eigenvalue weighted by Gasteiger charge is -2.18. The topological polar surface area (TPSA) is 87.3 Å². The van der Waals surface area contributed by atoms with E-state index in [2.05, 4.69) is 31.9 Å². The number of rotatable bonds is 10. The van der Waals surface area contributed by atoms with E-state index in [0.717, 1.165) is 20.5 Å². The smallest absolute Gasteiger partial charge is 0.272 e. The number of carbonyl (C=O) groups is 3. The third-order valence-electron chi connectivity index (χ3n) is 6.49. The quantitative estimate of drug-likeness (QED) is 0.101. The maximum Gasteiger partial charge on any atom is 0.272 e. The van der Waals surface area contributed by atoms with Gasteiger partial charge in [0.05, 0.1) is 0 Å². The SMILES string of the molecule is O=C(Nc1ccc(SC(C(=O)Nc2cccc(Cl)c2)c2ccccc2)cc1)/C(=C/c1cccc(Br)c1)NC(=O)c1ccccc1. The van der Waals surface area contributed by atoms with Crippen molar-refractivity contribution >= 4 is 74.5 Å². The third-order valence-corrected chi connectivity index (χ3v) is 8.48. The molecular weight excluding hydrogens is 670 g/mol. The predicted molar refractivity (Wildman–Crippen MR) is 186 cm³/mol. The van der Waals surface area contributed by atoms with E-state index in [9.17, 15) is 14.4 Å².